The largest absolute Gasteiger partial charge is 0.496 e. The van der Waals surface area contributed by atoms with Crippen molar-refractivity contribution >= 4 is 11.9 Å². The maximum atomic E-state index is 12.6. The van der Waals surface area contributed by atoms with Gasteiger partial charge in [-0.05, 0) is 35.9 Å². The molecule has 0 fully saturated rings. The zero-order chi connectivity index (χ0) is 19.3. The summed E-state index contributed by atoms with van der Waals surface area (Å²) in [7, 11) is 1.44. The molecule has 138 valence electrons. The van der Waals surface area contributed by atoms with Crippen LogP contribution in [0.25, 0.3) is 0 Å². The summed E-state index contributed by atoms with van der Waals surface area (Å²) in [6.45, 7) is 0. The molecular formula is C18H16F3NO4. The molecule has 2 rings (SSSR count). The van der Waals surface area contributed by atoms with Crippen LogP contribution in [0.2, 0.25) is 0 Å². The lowest BCUT2D eigenvalue weighted by Gasteiger charge is -2.16. The van der Waals surface area contributed by atoms with Crippen molar-refractivity contribution in [3.63, 3.8) is 0 Å². The molecule has 2 aromatic rings. The van der Waals surface area contributed by atoms with E-state index in [-0.39, 0.29) is 12.0 Å². The molecule has 0 aliphatic carbocycles. The fourth-order valence-electron chi connectivity index (χ4n) is 2.34. The highest BCUT2D eigenvalue weighted by molar-refractivity contribution is 5.96. The summed E-state index contributed by atoms with van der Waals surface area (Å²) in [5, 5.41) is 11.7. The maximum absolute atomic E-state index is 12.6. The minimum absolute atomic E-state index is 0.0360. The number of para-hydroxylation sites is 1. The first kappa shape index (κ1) is 19.3. The van der Waals surface area contributed by atoms with Crippen LogP contribution in [0.4, 0.5) is 13.2 Å². The fourth-order valence-corrected chi connectivity index (χ4v) is 2.34. The van der Waals surface area contributed by atoms with Gasteiger partial charge in [0.15, 0.2) is 0 Å². The quantitative estimate of drug-likeness (QED) is 0.823. The molecule has 0 heterocycles. The second kappa shape index (κ2) is 7.90. The Bertz CT molecular complexity index is 788. The third-order valence-electron chi connectivity index (χ3n) is 3.69. The van der Waals surface area contributed by atoms with E-state index in [0.717, 1.165) is 24.3 Å². The van der Waals surface area contributed by atoms with Crippen molar-refractivity contribution in [2.75, 3.05) is 7.11 Å². The Morgan fingerprint density at radius 1 is 1.12 bits per heavy atom. The highest BCUT2D eigenvalue weighted by Gasteiger charge is 2.30. The van der Waals surface area contributed by atoms with Gasteiger partial charge in [0, 0.05) is 12.0 Å². The summed E-state index contributed by atoms with van der Waals surface area (Å²) < 4.78 is 42.8. The van der Waals surface area contributed by atoms with E-state index in [2.05, 4.69) is 5.32 Å². The van der Waals surface area contributed by atoms with Crippen LogP contribution in [0.5, 0.6) is 5.75 Å². The van der Waals surface area contributed by atoms with Gasteiger partial charge >= 0.3 is 12.1 Å². The molecule has 2 N–H and O–H groups in total. The van der Waals surface area contributed by atoms with Crippen LogP contribution in [-0.2, 0) is 17.4 Å². The Kier molecular flexibility index (Phi) is 5.86. The average molecular weight is 367 g/mol. The first-order valence-corrected chi connectivity index (χ1v) is 7.55. The highest BCUT2D eigenvalue weighted by Crippen LogP contribution is 2.29. The van der Waals surface area contributed by atoms with Gasteiger partial charge in [-0.2, -0.15) is 13.2 Å². The molecule has 26 heavy (non-hydrogen) atoms. The van der Waals surface area contributed by atoms with Gasteiger partial charge in [-0.3, -0.25) is 4.79 Å². The van der Waals surface area contributed by atoms with Gasteiger partial charge in [0.2, 0.25) is 0 Å². The number of carboxylic acid groups (broad SMARTS) is 1. The van der Waals surface area contributed by atoms with E-state index in [9.17, 15) is 27.9 Å². The number of hydrogen-bond acceptors (Lipinski definition) is 3. The minimum atomic E-state index is -4.51. The lowest BCUT2D eigenvalue weighted by Crippen LogP contribution is -2.42. The predicted molar refractivity (Wildman–Crippen MR) is 87.0 cm³/mol. The molecular weight excluding hydrogens is 351 g/mol. The van der Waals surface area contributed by atoms with Crippen LogP contribution >= 0.6 is 0 Å². The Hall–Kier alpha value is -3.03. The van der Waals surface area contributed by atoms with Crippen LogP contribution < -0.4 is 10.1 Å². The smallest absolute Gasteiger partial charge is 0.416 e. The van der Waals surface area contributed by atoms with Crippen molar-refractivity contribution in [3.05, 3.63) is 65.2 Å². The molecule has 0 aromatic heterocycles. The summed E-state index contributed by atoms with van der Waals surface area (Å²) in [4.78, 5) is 23.6. The molecule has 0 saturated heterocycles. The average Bonchev–Trinajstić information content (AvgIpc) is 2.60. The Labute approximate surface area is 147 Å². The summed E-state index contributed by atoms with van der Waals surface area (Å²) >= 11 is 0. The summed E-state index contributed by atoms with van der Waals surface area (Å²) in [6, 6.07) is 9.02. The van der Waals surface area contributed by atoms with Gasteiger partial charge in [0.1, 0.15) is 11.8 Å². The van der Waals surface area contributed by atoms with Gasteiger partial charge in [0.05, 0.1) is 12.7 Å². The number of halogens is 3. The van der Waals surface area contributed by atoms with E-state index in [1.165, 1.54) is 7.11 Å². The molecule has 5 nitrogen and oxygen atoms in total. The molecule has 0 aliphatic heterocycles. The fraction of sp³-hybridized carbons (Fsp3) is 0.222. The molecule has 0 saturated carbocycles. The highest BCUT2D eigenvalue weighted by atomic mass is 19.4. The molecule has 0 spiro atoms. The Morgan fingerprint density at radius 3 is 2.27 bits per heavy atom. The van der Waals surface area contributed by atoms with Gasteiger partial charge in [-0.15, -0.1) is 0 Å². The molecule has 2 aromatic carbocycles. The van der Waals surface area contributed by atoms with Crippen molar-refractivity contribution in [3.8, 4) is 5.75 Å². The second-order valence-electron chi connectivity index (χ2n) is 5.46. The van der Waals surface area contributed by atoms with E-state index in [4.69, 9.17) is 4.74 Å². The first-order chi connectivity index (χ1) is 12.2. The molecule has 1 amide bonds. The van der Waals surface area contributed by atoms with Crippen molar-refractivity contribution in [2.24, 2.45) is 0 Å². The number of carbonyl (C=O) groups excluding carboxylic acids is 1. The number of amides is 1. The SMILES string of the molecule is COc1ccccc1C[C@@H](NC(=O)c1ccc(C(F)(F)F)cc1)C(=O)O. The van der Waals surface area contributed by atoms with Crippen molar-refractivity contribution < 1.29 is 32.6 Å². The topological polar surface area (TPSA) is 75.6 Å². The van der Waals surface area contributed by atoms with E-state index in [1.54, 1.807) is 24.3 Å². The predicted octanol–water partition coefficient (Wildman–Crippen LogP) is 3.14. The van der Waals surface area contributed by atoms with Crippen molar-refractivity contribution in [1.82, 2.24) is 5.32 Å². The monoisotopic (exact) mass is 367 g/mol. The lowest BCUT2D eigenvalue weighted by molar-refractivity contribution is -0.139. The number of ether oxygens (including phenoxy) is 1. The van der Waals surface area contributed by atoms with Crippen LogP contribution in [0.15, 0.2) is 48.5 Å². The summed E-state index contributed by atoms with van der Waals surface area (Å²) in [5.74, 6) is -1.57. The number of hydrogen-bond donors (Lipinski definition) is 2. The number of carbonyl (C=O) groups is 2. The number of nitrogens with one attached hydrogen (secondary N) is 1. The molecule has 8 heteroatoms. The van der Waals surface area contributed by atoms with E-state index in [0.29, 0.717) is 11.3 Å². The Morgan fingerprint density at radius 2 is 1.73 bits per heavy atom. The molecule has 0 radical (unpaired) electrons. The maximum Gasteiger partial charge on any atom is 0.416 e. The minimum Gasteiger partial charge on any atom is -0.496 e. The number of methoxy groups -OCH3 is 1. The van der Waals surface area contributed by atoms with Crippen molar-refractivity contribution in [1.29, 1.82) is 0 Å². The van der Waals surface area contributed by atoms with Gasteiger partial charge < -0.3 is 15.2 Å². The molecule has 1 atom stereocenters. The third kappa shape index (κ3) is 4.75. The Balaban J connectivity index is 2.14. The third-order valence-corrected chi connectivity index (χ3v) is 3.69. The molecule has 0 bridgehead atoms. The van der Waals surface area contributed by atoms with Gasteiger partial charge in [0.25, 0.3) is 5.91 Å². The van der Waals surface area contributed by atoms with E-state index >= 15 is 0 Å². The van der Waals surface area contributed by atoms with Crippen LogP contribution in [0.3, 0.4) is 0 Å². The number of rotatable bonds is 6. The van der Waals surface area contributed by atoms with E-state index in [1.807, 2.05) is 0 Å². The van der Waals surface area contributed by atoms with E-state index < -0.39 is 29.7 Å². The molecule has 0 aliphatic rings. The zero-order valence-electron chi connectivity index (χ0n) is 13.7. The lowest BCUT2D eigenvalue weighted by atomic mass is 10.0. The first-order valence-electron chi connectivity index (χ1n) is 7.55. The molecule has 0 unspecified atom stereocenters. The van der Waals surface area contributed by atoms with Gasteiger partial charge in [-0.1, -0.05) is 18.2 Å². The van der Waals surface area contributed by atoms with Crippen molar-refractivity contribution in [2.45, 2.75) is 18.6 Å². The number of alkyl halides is 3. The number of carboxylic acids is 1. The second-order valence-corrected chi connectivity index (χ2v) is 5.46. The van der Waals surface area contributed by atoms with Gasteiger partial charge in [-0.25, -0.2) is 4.79 Å². The summed E-state index contributed by atoms with van der Waals surface area (Å²) in [6.07, 6.45) is -4.55. The van der Waals surface area contributed by atoms with Crippen LogP contribution in [0.1, 0.15) is 21.5 Å². The number of aliphatic carboxylic acids is 1. The zero-order valence-corrected chi connectivity index (χ0v) is 13.7. The van der Waals surface area contributed by atoms with Crippen LogP contribution in [0, 0.1) is 0 Å². The summed E-state index contributed by atoms with van der Waals surface area (Å²) in [5.41, 5.74) is -0.378. The standard InChI is InChI=1S/C18H16F3NO4/c1-26-15-5-3-2-4-12(15)10-14(17(24)25)22-16(23)11-6-8-13(9-7-11)18(19,20)21/h2-9,14H,10H2,1H3,(H,22,23)(H,24,25)/t14-/m1/s1. The number of benzene rings is 2. The van der Waals surface area contributed by atoms with Crippen LogP contribution in [-0.4, -0.2) is 30.1 Å². The normalized spacial score (nSPS) is 12.3.